The van der Waals surface area contributed by atoms with E-state index in [1.165, 1.54) is 0 Å². The Morgan fingerprint density at radius 2 is 2.03 bits per heavy atom. The normalized spacial score (nSPS) is 10.9. The van der Waals surface area contributed by atoms with E-state index in [9.17, 15) is 0 Å². The SMILES string of the molecule is Cc1ccc(Oc2ccnc(Nc3cccc(CCc4nn[nH]n4)c3)c2)c(-c2cnn(C)c2)n1. The molecule has 0 amide bonds. The fourth-order valence-electron chi connectivity index (χ4n) is 3.54. The number of aromatic amines is 1. The maximum Gasteiger partial charge on any atom is 0.174 e. The third-order valence-electron chi connectivity index (χ3n) is 5.16. The van der Waals surface area contributed by atoms with Gasteiger partial charge in [0.1, 0.15) is 17.3 Å². The van der Waals surface area contributed by atoms with E-state index in [-0.39, 0.29) is 0 Å². The highest BCUT2D eigenvalue weighted by molar-refractivity contribution is 5.66. The van der Waals surface area contributed by atoms with Gasteiger partial charge in [0, 0.05) is 48.9 Å². The summed E-state index contributed by atoms with van der Waals surface area (Å²) in [4.78, 5) is 9.10. The Bertz CT molecular complexity index is 1400. The van der Waals surface area contributed by atoms with E-state index in [2.05, 4.69) is 53.1 Å². The van der Waals surface area contributed by atoms with E-state index in [0.717, 1.165) is 34.6 Å². The van der Waals surface area contributed by atoms with Gasteiger partial charge in [0.05, 0.1) is 6.20 Å². The molecule has 0 saturated heterocycles. The summed E-state index contributed by atoms with van der Waals surface area (Å²) < 4.78 is 7.95. The third-order valence-corrected chi connectivity index (χ3v) is 5.16. The number of benzene rings is 1. The molecule has 10 nitrogen and oxygen atoms in total. The lowest BCUT2D eigenvalue weighted by Gasteiger charge is -2.12. The maximum absolute atomic E-state index is 6.21. The second-order valence-electron chi connectivity index (χ2n) is 7.83. The number of nitrogens with zero attached hydrogens (tertiary/aromatic N) is 7. The van der Waals surface area contributed by atoms with Crippen molar-refractivity contribution in [1.82, 2.24) is 40.4 Å². The smallest absolute Gasteiger partial charge is 0.174 e. The molecule has 5 aromatic rings. The van der Waals surface area contributed by atoms with Crippen LogP contribution < -0.4 is 10.1 Å². The molecule has 0 fully saturated rings. The minimum absolute atomic E-state index is 0.652. The van der Waals surface area contributed by atoms with Gasteiger partial charge in [-0.25, -0.2) is 9.97 Å². The molecule has 0 unspecified atom stereocenters. The molecular formula is C24H23N9O. The Kier molecular flexibility index (Phi) is 5.93. The Morgan fingerprint density at radius 1 is 1.09 bits per heavy atom. The minimum atomic E-state index is 0.652. The summed E-state index contributed by atoms with van der Waals surface area (Å²) in [5.74, 6) is 2.68. The summed E-state index contributed by atoms with van der Waals surface area (Å²) >= 11 is 0. The van der Waals surface area contributed by atoms with Crippen LogP contribution >= 0.6 is 0 Å². The molecule has 0 bridgehead atoms. The predicted octanol–water partition coefficient (Wildman–Crippen LogP) is 4.02. The number of nitrogens with one attached hydrogen (secondary N) is 2. The highest BCUT2D eigenvalue weighted by Gasteiger charge is 2.12. The number of hydrogen-bond donors (Lipinski definition) is 2. The van der Waals surface area contributed by atoms with Crippen molar-refractivity contribution in [2.45, 2.75) is 19.8 Å². The van der Waals surface area contributed by atoms with Crippen molar-refractivity contribution in [3.05, 3.63) is 84.2 Å². The van der Waals surface area contributed by atoms with E-state index in [1.54, 1.807) is 17.1 Å². The molecule has 0 aliphatic rings. The molecule has 170 valence electrons. The van der Waals surface area contributed by atoms with Gasteiger partial charge in [-0.2, -0.15) is 10.3 Å². The highest BCUT2D eigenvalue weighted by atomic mass is 16.5. The van der Waals surface area contributed by atoms with Crippen molar-refractivity contribution in [2.24, 2.45) is 7.05 Å². The fourth-order valence-corrected chi connectivity index (χ4v) is 3.54. The summed E-state index contributed by atoms with van der Waals surface area (Å²) in [6.07, 6.45) is 6.93. The first kappa shape index (κ1) is 21.3. The molecule has 10 heteroatoms. The lowest BCUT2D eigenvalue weighted by atomic mass is 10.1. The molecule has 4 heterocycles. The van der Waals surface area contributed by atoms with Crippen LogP contribution in [0, 0.1) is 6.92 Å². The molecule has 0 radical (unpaired) electrons. The van der Waals surface area contributed by atoms with Crippen LogP contribution in [0.2, 0.25) is 0 Å². The van der Waals surface area contributed by atoms with E-state index >= 15 is 0 Å². The Balaban J connectivity index is 1.32. The summed E-state index contributed by atoms with van der Waals surface area (Å²) in [6.45, 7) is 1.95. The molecular weight excluding hydrogens is 430 g/mol. The van der Waals surface area contributed by atoms with Crippen LogP contribution in [0.3, 0.4) is 0 Å². The van der Waals surface area contributed by atoms with Gasteiger partial charge in [0.15, 0.2) is 11.6 Å². The van der Waals surface area contributed by atoms with Crippen LogP contribution in [-0.4, -0.2) is 40.4 Å². The van der Waals surface area contributed by atoms with Gasteiger partial charge in [0.2, 0.25) is 0 Å². The number of pyridine rings is 2. The van der Waals surface area contributed by atoms with E-state index < -0.39 is 0 Å². The monoisotopic (exact) mass is 453 g/mol. The largest absolute Gasteiger partial charge is 0.455 e. The number of rotatable bonds is 8. The van der Waals surface area contributed by atoms with Gasteiger partial charge in [-0.15, -0.1) is 10.2 Å². The van der Waals surface area contributed by atoms with Crippen LogP contribution in [0.25, 0.3) is 11.3 Å². The fraction of sp³-hybridized carbons (Fsp3) is 0.167. The van der Waals surface area contributed by atoms with E-state index in [0.29, 0.717) is 29.6 Å². The van der Waals surface area contributed by atoms with Crippen molar-refractivity contribution < 1.29 is 4.74 Å². The first-order valence-corrected chi connectivity index (χ1v) is 10.8. The van der Waals surface area contributed by atoms with Gasteiger partial charge in [-0.05, 0) is 49.2 Å². The van der Waals surface area contributed by atoms with Crippen LogP contribution in [0.5, 0.6) is 11.5 Å². The Hall–Kier alpha value is -4.60. The van der Waals surface area contributed by atoms with Crippen molar-refractivity contribution in [3.63, 3.8) is 0 Å². The lowest BCUT2D eigenvalue weighted by molar-refractivity contribution is 0.481. The van der Waals surface area contributed by atoms with Crippen LogP contribution in [0.15, 0.2) is 67.1 Å². The number of hydrogen-bond acceptors (Lipinski definition) is 8. The van der Waals surface area contributed by atoms with Crippen molar-refractivity contribution in [1.29, 1.82) is 0 Å². The molecule has 0 aliphatic heterocycles. The van der Waals surface area contributed by atoms with Gasteiger partial charge in [0.25, 0.3) is 0 Å². The number of ether oxygens (including phenoxy) is 1. The van der Waals surface area contributed by atoms with Crippen molar-refractivity contribution in [3.8, 4) is 22.8 Å². The van der Waals surface area contributed by atoms with Crippen molar-refractivity contribution in [2.75, 3.05) is 5.32 Å². The van der Waals surface area contributed by atoms with Crippen LogP contribution in [-0.2, 0) is 19.9 Å². The quantitative estimate of drug-likeness (QED) is 0.362. The third kappa shape index (κ3) is 5.07. The molecule has 0 saturated carbocycles. The summed E-state index contributed by atoms with van der Waals surface area (Å²) in [5.41, 5.74) is 4.64. The molecule has 5 rings (SSSR count). The number of tetrazole rings is 1. The number of H-pyrrole nitrogens is 1. The van der Waals surface area contributed by atoms with Crippen LogP contribution in [0.1, 0.15) is 17.1 Å². The zero-order valence-corrected chi connectivity index (χ0v) is 18.8. The standard InChI is InChI=1S/C24H23N9O/c1-16-6-8-21(24(27-16)18-14-26-33(2)15-18)34-20-10-11-25-23(13-20)28-19-5-3-4-17(12-19)7-9-22-29-31-32-30-22/h3-6,8,10-15H,7,9H2,1-2H3,(H,25,28)(H,29,30,31,32). The zero-order valence-electron chi connectivity index (χ0n) is 18.8. The van der Waals surface area contributed by atoms with Gasteiger partial charge < -0.3 is 10.1 Å². The van der Waals surface area contributed by atoms with Gasteiger partial charge in [-0.1, -0.05) is 17.3 Å². The van der Waals surface area contributed by atoms with Gasteiger partial charge >= 0.3 is 0 Å². The molecule has 34 heavy (non-hydrogen) atoms. The molecule has 0 atom stereocenters. The average Bonchev–Trinajstić information content (AvgIpc) is 3.51. The summed E-state index contributed by atoms with van der Waals surface area (Å²) in [7, 11) is 1.88. The first-order chi connectivity index (χ1) is 16.6. The van der Waals surface area contributed by atoms with E-state index in [1.807, 2.05) is 56.6 Å². The maximum atomic E-state index is 6.21. The highest BCUT2D eigenvalue weighted by Crippen LogP contribution is 2.32. The minimum Gasteiger partial charge on any atom is -0.455 e. The molecule has 0 spiro atoms. The first-order valence-electron chi connectivity index (χ1n) is 10.8. The molecule has 4 aromatic heterocycles. The second-order valence-corrected chi connectivity index (χ2v) is 7.83. The summed E-state index contributed by atoms with van der Waals surface area (Å²) in [6, 6.07) is 15.7. The van der Waals surface area contributed by atoms with Gasteiger partial charge in [-0.3, -0.25) is 4.68 Å². The summed E-state index contributed by atoms with van der Waals surface area (Å²) in [5, 5.41) is 21.7. The van der Waals surface area contributed by atoms with E-state index in [4.69, 9.17) is 4.74 Å². The Morgan fingerprint density at radius 3 is 2.85 bits per heavy atom. The average molecular weight is 454 g/mol. The number of aryl methyl sites for hydroxylation is 4. The predicted molar refractivity (Wildman–Crippen MR) is 127 cm³/mol. The molecule has 0 aliphatic carbocycles. The number of anilines is 2. The molecule has 1 aromatic carbocycles. The topological polar surface area (TPSA) is 119 Å². The number of aromatic nitrogens is 8. The second kappa shape index (κ2) is 9.49. The van der Waals surface area contributed by atoms with Crippen LogP contribution in [0.4, 0.5) is 11.5 Å². The van der Waals surface area contributed by atoms with Crippen molar-refractivity contribution >= 4 is 11.5 Å². The lowest BCUT2D eigenvalue weighted by Crippen LogP contribution is -1.98. The zero-order chi connectivity index (χ0) is 23.3. The molecule has 2 N–H and O–H groups in total. The Labute approximate surface area is 196 Å².